The summed E-state index contributed by atoms with van der Waals surface area (Å²) in [4.78, 5) is 0. The minimum absolute atomic E-state index is 1.25. The molecule has 0 fully saturated rings. The smallest absolute Gasteiger partial charge is 0.0620 e. The summed E-state index contributed by atoms with van der Waals surface area (Å²) in [6, 6.07) is 49.4. The first kappa shape index (κ1) is 21.8. The Bertz CT molecular complexity index is 2300. The van der Waals surface area contributed by atoms with Gasteiger partial charge < -0.3 is 4.40 Å². The van der Waals surface area contributed by atoms with Crippen molar-refractivity contribution in [1.29, 1.82) is 0 Å². The fraction of sp³-hybridized carbons (Fsp3) is 0.0256. The van der Waals surface area contributed by atoms with Crippen molar-refractivity contribution in [2.24, 2.45) is 0 Å². The first-order valence-electron chi connectivity index (χ1n) is 13.9. The molecule has 7 aromatic carbocycles. The summed E-state index contributed by atoms with van der Waals surface area (Å²) in [7, 11) is 0. The zero-order valence-electron chi connectivity index (χ0n) is 22.1. The zero-order chi connectivity index (χ0) is 26.4. The third-order valence-electron chi connectivity index (χ3n) is 8.64. The van der Waals surface area contributed by atoms with Crippen molar-refractivity contribution >= 4 is 59.6 Å². The fourth-order valence-electron chi connectivity index (χ4n) is 6.83. The van der Waals surface area contributed by atoms with Crippen molar-refractivity contribution in [3.63, 3.8) is 0 Å². The summed E-state index contributed by atoms with van der Waals surface area (Å²) in [5.74, 6) is 0. The van der Waals surface area contributed by atoms with E-state index in [0.717, 1.165) is 0 Å². The summed E-state index contributed by atoms with van der Waals surface area (Å²) in [5.41, 5.74) is 10.2. The van der Waals surface area contributed by atoms with Crippen LogP contribution in [0.4, 0.5) is 0 Å². The number of fused-ring (bicyclic) bond motifs is 8. The molecule has 9 rings (SSSR count). The van der Waals surface area contributed by atoms with Crippen LogP contribution in [0.3, 0.4) is 0 Å². The third-order valence-corrected chi connectivity index (χ3v) is 8.64. The van der Waals surface area contributed by atoms with Crippen LogP contribution in [0.1, 0.15) is 5.56 Å². The summed E-state index contributed by atoms with van der Waals surface area (Å²) in [5, 5.41) is 10.4. The van der Waals surface area contributed by atoms with Gasteiger partial charge in [0.2, 0.25) is 0 Å². The van der Waals surface area contributed by atoms with Crippen LogP contribution >= 0.6 is 0 Å². The molecule has 0 aliphatic carbocycles. The van der Waals surface area contributed by atoms with E-state index in [1.807, 2.05) is 0 Å². The molecule has 186 valence electrons. The molecule has 0 radical (unpaired) electrons. The van der Waals surface area contributed by atoms with Gasteiger partial charge in [-0.15, -0.1) is 0 Å². The average molecular weight is 508 g/mol. The van der Waals surface area contributed by atoms with Crippen molar-refractivity contribution in [2.45, 2.75) is 6.92 Å². The Morgan fingerprint density at radius 3 is 1.38 bits per heavy atom. The van der Waals surface area contributed by atoms with Gasteiger partial charge in [-0.05, 0) is 98.8 Å². The highest BCUT2D eigenvalue weighted by Crippen LogP contribution is 2.44. The van der Waals surface area contributed by atoms with Gasteiger partial charge in [-0.25, -0.2) is 0 Å². The van der Waals surface area contributed by atoms with Gasteiger partial charge in [-0.2, -0.15) is 0 Å². The van der Waals surface area contributed by atoms with Gasteiger partial charge >= 0.3 is 0 Å². The quantitative estimate of drug-likeness (QED) is 0.219. The normalized spacial score (nSPS) is 12.1. The average Bonchev–Trinajstić information content (AvgIpc) is 3.49. The van der Waals surface area contributed by atoms with Crippen LogP contribution in [0.2, 0.25) is 0 Å². The Kier molecular flexibility index (Phi) is 4.32. The second-order valence-corrected chi connectivity index (χ2v) is 11.1. The molecule has 40 heavy (non-hydrogen) atoms. The Balaban J connectivity index is 1.44. The van der Waals surface area contributed by atoms with E-state index in [4.69, 9.17) is 0 Å². The predicted molar refractivity (Wildman–Crippen MR) is 172 cm³/mol. The molecular formula is C39H25N. The number of aryl methyl sites for hydroxylation is 1. The van der Waals surface area contributed by atoms with E-state index in [1.165, 1.54) is 87.5 Å². The standard InChI is InChI=1S/C39H25N/c1-24-15-30(25-9-3-2-4-10-25)17-31(16-24)32-20-35-33-18-26-11-5-7-13-28(26)22-37(33)40-38-23-29-14-8-6-12-27(29)19-34(38)36(21-32)39(35)40/h2-23H,1H3. The first-order chi connectivity index (χ1) is 19.7. The molecule has 1 nitrogen and oxygen atoms in total. The van der Waals surface area contributed by atoms with E-state index < -0.39 is 0 Å². The van der Waals surface area contributed by atoms with Crippen LogP contribution in [0.5, 0.6) is 0 Å². The van der Waals surface area contributed by atoms with Crippen molar-refractivity contribution in [3.05, 3.63) is 139 Å². The molecule has 9 aromatic rings. The molecule has 0 aliphatic rings. The van der Waals surface area contributed by atoms with Gasteiger partial charge in [-0.3, -0.25) is 0 Å². The maximum Gasteiger partial charge on any atom is 0.0620 e. The van der Waals surface area contributed by atoms with Crippen LogP contribution < -0.4 is 0 Å². The summed E-state index contributed by atoms with van der Waals surface area (Å²) in [6.45, 7) is 2.20. The highest BCUT2D eigenvalue weighted by molar-refractivity contribution is 6.27. The molecule has 0 N–H and O–H groups in total. The van der Waals surface area contributed by atoms with E-state index in [0.29, 0.717) is 0 Å². The summed E-state index contributed by atoms with van der Waals surface area (Å²) >= 11 is 0. The van der Waals surface area contributed by atoms with Gasteiger partial charge in [0.1, 0.15) is 0 Å². The monoisotopic (exact) mass is 507 g/mol. The number of aromatic nitrogens is 1. The van der Waals surface area contributed by atoms with E-state index in [-0.39, 0.29) is 0 Å². The number of hydrogen-bond donors (Lipinski definition) is 0. The van der Waals surface area contributed by atoms with Crippen LogP contribution in [-0.4, -0.2) is 4.40 Å². The lowest BCUT2D eigenvalue weighted by Crippen LogP contribution is -1.85. The highest BCUT2D eigenvalue weighted by Gasteiger charge is 2.20. The molecule has 0 bridgehead atoms. The zero-order valence-corrected chi connectivity index (χ0v) is 22.1. The number of rotatable bonds is 2. The van der Waals surface area contributed by atoms with Crippen LogP contribution in [0.25, 0.3) is 81.9 Å². The minimum atomic E-state index is 1.25. The lowest BCUT2D eigenvalue weighted by molar-refractivity contribution is 1.38. The van der Waals surface area contributed by atoms with Gasteiger partial charge in [0.15, 0.2) is 0 Å². The van der Waals surface area contributed by atoms with Crippen LogP contribution in [0.15, 0.2) is 133 Å². The van der Waals surface area contributed by atoms with E-state index in [1.54, 1.807) is 0 Å². The van der Waals surface area contributed by atoms with Gasteiger partial charge in [0.25, 0.3) is 0 Å². The second-order valence-electron chi connectivity index (χ2n) is 11.1. The van der Waals surface area contributed by atoms with Gasteiger partial charge in [-0.1, -0.05) is 91.0 Å². The predicted octanol–water partition coefficient (Wildman–Crippen LogP) is 10.8. The molecule has 2 aromatic heterocycles. The van der Waals surface area contributed by atoms with E-state index >= 15 is 0 Å². The first-order valence-corrected chi connectivity index (χ1v) is 13.9. The van der Waals surface area contributed by atoms with Crippen molar-refractivity contribution < 1.29 is 0 Å². The maximum atomic E-state index is 2.50. The van der Waals surface area contributed by atoms with Crippen molar-refractivity contribution in [1.82, 2.24) is 4.40 Å². The summed E-state index contributed by atoms with van der Waals surface area (Å²) in [6.07, 6.45) is 0. The van der Waals surface area contributed by atoms with E-state index in [9.17, 15) is 0 Å². The lowest BCUT2D eigenvalue weighted by atomic mass is 9.94. The molecule has 0 atom stereocenters. The number of benzene rings is 7. The molecule has 0 saturated carbocycles. The number of nitrogens with zero attached hydrogens (tertiary/aromatic N) is 1. The largest absolute Gasteiger partial charge is 0.308 e. The molecule has 2 heterocycles. The molecule has 0 unspecified atom stereocenters. The molecule has 0 spiro atoms. The molecule has 1 heteroatoms. The third kappa shape index (κ3) is 3.03. The highest BCUT2D eigenvalue weighted by atomic mass is 14.9. The molecule has 0 amide bonds. The van der Waals surface area contributed by atoms with E-state index in [2.05, 4.69) is 145 Å². The van der Waals surface area contributed by atoms with Crippen molar-refractivity contribution in [3.8, 4) is 22.3 Å². The molecule has 0 saturated heterocycles. The number of hydrogen-bond acceptors (Lipinski definition) is 0. The van der Waals surface area contributed by atoms with Crippen molar-refractivity contribution in [2.75, 3.05) is 0 Å². The molecular weight excluding hydrogens is 482 g/mol. The Morgan fingerprint density at radius 2 is 0.825 bits per heavy atom. The second kappa shape index (κ2) is 7.94. The van der Waals surface area contributed by atoms with Gasteiger partial charge in [0.05, 0.1) is 16.6 Å². The summed E-state index contributed by atoms with van der Waals surface area (Å²) < 4.78 is 2.50. The maximum absolute atomic E-state index is 2.50. The SMILES string of the molecule is Cc1cc(-c2ccccc2)cc(-c2cc3c4cc5ccccc5cc4n4c5cc6ccccc6cc5c(c2)c34)c1. The lowest BCUT2D eigenvalue weighted by Gasteiger charge is -2.10. The van der Waals surface area contributed by atoms with Gasteiger partial charge in [0, 0.05) is 21.5 Å². The Hall–Kier alpha value is -5.14. The molecule has 0 aliphatic heterocycles. The van der Waals surface area contributed by atoms with Crippen LogP contribution in [0, 0.1) is 6.92 Å². The minimum Gasteiger partial charge on any atom is -0.308 e. The Labute approximate surface area is 231 Å². The Morgan fingerprint density at radius 1 is 0.375 bits per heavy atom. The van der Waals surface area contributed by atoms with Crippen LogP contribution in [-0.2, 0) is 0 Å². The fourth-order valence-corrected chi connectivity index (χ4v) is 6.83. The topological polar surface area (TPSA) is 4.41 Å².